The van der Waals surface area contributed by atoms with Crippen LogP contribution in [0.15, 0.2) is 53.5 Å². The fourth-order valence-electron chi connectivity index (χ4n) is 4.43. The summed E-state index contributed by atoms with van der Waals surface area (Å²) >= 11 is 0. The lowest BCUT2D eigenvalue weighted by molar-refractivity contribution is -0.146. The summed E-state index contributed by atoms with van der Waals surface area (Å²) in [5.74, 6) is -9.55. The van der Waals surface area contributed by atoms with Crippen molar-refractivity contribution in [2.45, 2.75) is 50.9 Å². The molecule has 0 saturated carbocycles. The van der Waals surface area contributed by atoms with E-state index in [4.69, 9.17) is 10.5 Å². The van der Waals surface area contributed by atoms with Gasteiger partial charge in [-0.1, -0.05) is 42.5 Å². The molecule has 0 aromatic heterocycles. The number of carbonyl (C=O) groups is 3. The van der Waals surface area contributed by atoms with Crippen molar-refractivity contribution < 1.29 is 41.1 Å². The lowest BCUT2D eigenvalue weighted by Gasteiger charge is -2.27. The Hall–Kier alpha value is -4.03. The van der Waals surface area contributed by atoms with Gasteiger partial charge >= 0.3 is 6.18 Å². The number of hydrogen-bond donors (Lipinski definition) is 3. The largest absolute Gasteiger partial charge is 0.495 e. The van der Waals surface area contributed by atoms with Crippen molar-refractivity contribution in [3.63, 3.8) is 0 Å². The molecule has 3 rings (SSSR count). The van der Waals surface area contributed by atoms with Crippen molar-refractivity contribution >= 4 is 29.1 Å². The summed E-state index contributed by atoms with van der Waals surface area (Å²) in [7, 11) is 1.39. The van der Waals surface area contributed by atoms with E-state index in [1.807, 2.05) is 0 Å². The summed E-state index contributed by atoms with van der Waals surface area (Å²) in [6, 6.07) is 13.6. The second-order valence-corrected chi connectivity index (χ2v) is 9.51. The van der Waals surface area contributed by atoms with Crippen LogP contribution in [0.4, 0.5) is 27.6 Å². The monoisotopic (exact) mass is 568 g/mol. The first-order valence-corrected chi connectivity index (χ1v) is 12.4. The van der Waals surface area contributed by atoms with Crippen LogP contribution < -0.4 is 21.1 Å². The van der Waals surface area contributed by atoms with Crippen molar-refractivity contribution in [3.05, 3.63) is 59.7 Å². The Morgan fingerprint density at radius 1 is 1.02 bits per heavy atom. The highest BCUT2D eigenvalue weighted by molar-refractivity contribution is 6.20. The molecule has 3 amide bonds. The molecule has 1 aliphatic heterocycles. The molecule has 40 heavy (non-hydrogen) atoms. The number of anilines is 1. The van der Waals surface area contributed by atoms with Gasteiger partial charge in [0.2, 0.25) is 23.9 Å². The molecule has 0 saturated heterocycles. The number of aliphatic imine (C=N–C) groups is 1. The number of nitrogens with one attached hydrogen (secondary N) is 2. The SMILES string of the molecule is COc1cccc2c1NC(=O)[C@@H](NC(=O)[C@@H](CCC(C)(F)F)[C@@H](CCC(F)(F)F)C(N)=O)N=C2c1ccccc1. The molecule has 8 nitrogen and oxygen atoms in total. The van der Waals surface area contributed by atoms with E-state index in [0.717, 1.165) is 0 Å². The zero-order valence-electron chi connectivity index (χ0n) is 21.7. The second-order valence-electron chi connectivity index (χ2n) is 9.51. The number of carbonyl (C=O) groups excluding carboxylic acids is 3. The van der Waals surface area contributed by atoms with E-state index in [2.05, 4.69) is 15.6 Å². The summed E-state index contributed by atoms with van der Waals surface area (Å²) in [6.45, 7) is 0.580. The van der Waals surface area contributed by atoms with Crippen molar-refractivity contribution in [2.24, 2.45) is 22.6 Å². The number of methoxy groups -OCH3 is 1. The molecule has 3 atom stereocenters. The third-order valence-corrected chi connectivity index (χ3v) is 6.40. The molecule has 0 spiro atoms. The van der Waals surface area contributed by atoms with Crippen LogP contribution in [0, 0.1) is 11.8 Å². The number of nitrogens with zero attached hydrogens (tertiary/aromatic N) is 1. The fraction of sp³-hybridized carbons (Fsp3) is 0.407. The van der Waals surface area contributed by atoms with Gasteiger partial charge in [-0.3, -0.25) is 14.4 Å². The Balaban J connectivity index is 2.01. The number of primary amides is 1. The van der Waals surface area contributed by atoms with Gasteiger partial charge < -0.3 is 21.1 Å². The van der Waals surface area contributed by atoms with Gasteiger partial charge in [-0.15, -0.1) is 0 Å². The van der Waals surface area contributed by atoms with Crippen LogP contribution in [-0.2, 0) is 14.4 Å². The fourth-order valence-corrected chi connectivity index (χ4v) is 4.43. The van der Waals surface area contributed by atoms with E-state index in [-0.39, 0.29) is 11.4 Å². The van der Waals surface area contributed by atoms with Crippen molar-refractivity contribution in [3.8, 4) is 5.75 Å². The summed E-state index contributed by atoms with van der Waals surface area (Å²) < 4.78 is 71.5. The van der Waals surface area contributed by atoms with Crippen LogP contribution in [-0.4, -0.2) is 48.8 Å². The Morgan fingerprint density at radius 2 is 1.68 bits per heavy atom. The third-order valence-electron chi connectivity index (χ3n) is 6.40. The molecule has 216 valence electrons. The topological polar surface area (TPSA) is 123 Å². The van der Waals surface area contributed by atoms with Gasteiger partial charge in [0.25, 0.3) is 5.91 Å². The van der Waals surface area contributed by atoms with Gasteiger partial charge in [0, 0.05) is 35.8 Å². The molecule has 2 aromatic carbocycles. The van der Waals surface area contributed by atoms with Crippen LogP contribution >= 0.6 is 0 Å². The molecule has 0 aliphatic carbocycles. The summed E-state index contributed by atoms with van der Waals surface area (Å²) in [4.78, 5) is 43.1. The normalized spacial score (nSPS) is 17.0. The van der Waals surface area contributed by atoms with Crippen molar-refractivity contribution in [1.29, 1.82) is 0 Å². The predicted molar refractivity (Wildman–Crippen MR) is 137 cm³/mol. The maximum Gasteiger partial charge on any atom is 0.389 e. The molecule has 1 aliphatic rings. The maximum atomic E-state index is 13.7. The second kappa shape index (κ2) is 12.4. The van der Waals surface area contributed by atoms with Crippen LogP contribution in [0.5, 0.6) is 5.75 Å². The molecule has 2 aromatic rings. The minimum atomic E-state index is -4.68. The van der Waals surface area contributed by atoms with Crippen molar-refractivity contribution in [1.82, 2.24) is 5.32 Å². The van der Waals surface area contributed by atoms with Gasteiger partial charge in [0.05, 0.1) is 18.5 Å². The number of halogens is 5. The van der Waals surface area contributed by atoms with E-state index in [9.17, 15) is 36.3 Å². The standard InChI is InChI=1S/C27H29F5N4O4/c1-26(28,29)13-11-17(16(22(33)37)12-14-27(30,31)32)24(38)36-23-25(39)35-21-18(9-6-10-19(21)40-2)20(34-23)15-7-4-3-5-8-15/h3-10,16-17,23H,11-14H2,1-2H3,(H2,33,37)(H,35,39)(H,36,38)/t16-,17+,23-/m1/s1. The van der Waals surface area contributed by atoms with Gasteiger partial charge in [-0.05, 0) is 25.8 Å². The van der Waals surface area contributed by atoms with Gasteiger partial charge in [0.15, 0.2) is 0 Å². The first kappa shape index (κ1) is 30.5. The maximum absolute atomic E-state index is 13.7. The Kier molecular flexibility index (Phi) is 9.48. The lowest BCUT2D eigenvalue weighted by Crippen LogP contribution is -2.48. The summed E-state index contributed by atoms with van der Waals surface area (Å²) in [5.41, 5.74) is 6.88. The number of fused-ring (bicyclic) bond motifs is 1. The number of benzodiazepines with no additional fused rings is 1. The summed E-state index contributed by atoms with van der Waals surface area (Å²) in [6.07, 6.45) is -10.2. The molecule has 13 heteroatoms. The predicted octanol–water partition coefficient (Wildman–Crippen LogP) is 4.42. The molecule has 0 fully saturated rings. The van der Waals surface area contributed by atoms with Crippen LogP contribution in [0.2, 0.25) is 0 Å². The number of rotatable bonds is 11. The highest BCUT2D eigenvalue weighted by Crippen LogP contribution is 2.34. The Labute approximate surface area is 227 Å². The van der Waals surface area contributed by atoms with E-state index in [1.54, 1.807) is 48.5 Å². The number of para-hydroxylation sites is 1. The number of benzene rings is 2. The number of hydrogen-bond acceptors (Lipinski definition) is 5. The molecule has 0 bridgehead atoms. The molecular weight excluding hydrogens is 539 g/mol. The Bertz CT molecular complexity index is 1260. The smallest absolute Gasteiger partial charge is 0.389 e. The zero-order chi connectivity index (χ0) is 29.7. The number of nitrogens with two attached hydrogens (primary N) is 1. The highest BCUT2D eigenvalue weighted by atomic mass is 19.4. The summed E-state index contributed by atoms with van der Waals surface area (Å²) in [5, 5.41) is 4.97. The van der Waals surface area contributed by atoms with Gasteiger partial charge in [0.1, 0.15) is 5.75 Å². The van der Waals surface area contributed by atoms with E-state index < -0.39 is 73.5 Å². The van der Waals surface area contributed by atoms with Gasteiger partial charge in [-0.25, -0.2) is 13.8 Å². The van der Waals surface area contributed by atoms with Gasteiger partial charge in [-0.2, -0.15) is 13.2 Å². The number of amides is 3. The van der Waals surface area contributed by atoms with Crippen molar-refractivity contribution in [2.75, 3.05) is 12.4 Å². The first-order valence-electron chi connectivity index (χ1n) is 12.4. The molecular formula is C27H29F5N4O4. The minimum Gasteiger partial charge on any atom is -0.495 e. The van der Waals surface area contributed by atoms with Crippen LogP contribution in [0.25, 0.3) is 0 Å². The van der Waals surface area contributed by atoms with E-state index in [0.29, 0.717) is 23.8 Å². The number of ether oxygens (including phenoxy) is 1. The molecule has 4 N–H and O–H groups in total. The van der Waals surface area contributed by atoms with Crippen LogP contribution in [0.3, 0.4) is 0 Å². The average molecular weight is 569 g/mol. The van der Waals surface area contributed by atoms with E-state index in [1.165, 1.54) is 7.11 Å². The average Bonchev–Trinajstić information content (AvgIpc) is 3.01. The minimum absolute atomic E-state index is 0.261. The molecule has 0 unspecified atom stereocenters. The quantitative estimate of drug-likeness (QED) is 0.347. The Morgan fingerprint density at radius 3 is 2.25 bits per heavy atom. The highest BCUT2D eigenvalue weighted by Gasteiger charge is 2.39. The zero-order valence-corrected chi connectivity index (χ0v) is 21.7. The first-order chi connectivity index (χ1) is 18.7. The molecule has 1 heterocycles. The van der Waals surface area contributed by atoms with Crippen LogP contribution in [0.1, 0.15) is 43.7 Å². The number of alkyl halides is 5. The third kappa shape index (κ3) is 7.99. The lowest BCUT2D eigenvalue weighted by atomic mass is 9.83. The van der Waals surface area contributed by atoms with E-state index >= 15 is 0 Å². The molecule has 0 radical (unpaired) electrons.